The number of carbonyl (C=O) groups is 2. The summed E-state index contributed by atoms with van der Waals surface area (Å²) in [5.41, 5.74) is 1.76. The van der Waals surface area contributed by atoms with Crippen LogP contribution in [0.5, 0.6) is 5.75 Å². The summed E-state index contributed by atoms with van der Waals surface area (Å²) in [6, 6.07) is 7.53. The highest BCUT2D eigenvalue weighted by Gasteiger charge is 2.31. The van der Waals surface area contributed by atoms with Crippen molar-refractivity contribution in [1.82, 2.24) is 10.6 Å². The Morgan fingerprint density at radius 2 is 2.22 bits per heavy atom. The number of rotatable bonds is 4. The first-order valence-corrected chi connectivity index (χ1v) is 7.81. The lowest BCUT2D eigenvalue weighted by atomic mass is 9.86. The largest absolute Gasteiger partial charge is 0.496 e. The van der Waals surface area contributed by atoms with Crippen molar-refractivity contribution in [2.75, 3.05) is 7.11 Å². The molecule has 5 heteroatoms. The molecule has 1 unspecified atom stereocenters. The first-order valence-electron chi connectivity index (χ1n) is 7.81. The van der Waals surface area contributed by atoms with E-state index in [1.165, 1.54) is 0 Å². The van der Waals surface area contributed by atoms with Gasteiger partial charge in [-0.25, -0.2) is 0 Å². The van der Waals surface area contributed by atoms with Crippen LogP contribution in [0.1, 0.15) is 24.8 Å². The summed E-state index contributed by atoms with van der Waals surface area (Å²) in [7, 11) is 1.59. The monoisotopic (exact) mass is 312 g/mol. The van der Waals surface area contributed by atoms with Crippen LogP contribution >= 0.6 is 0 Å². The van der Waals surface area contributed by atoms with E-state index in [0.717, 1.165) is 30.4 Å². The van der Waals surface area contributed by atoms with Gasteiger partial charge in [0.1, 0.15) is 11.3 Å². The molecule has 2 N–H and O–H groups in total. The molecule has 0 saturated carbocycles. The van der Waals surface area contributed by atoms with Crippen LogP contribution in [0.15, 0.2) is 47.7 Å². The molecule has 0 spiro atoms. The van der Waals surface area contributed by atoms with Gasteiger partial charge >= 0.3 is 0 Å². The maximum Gasteiger partial charge on any atom is 0.257 e. The number of ketones is 1. The molecule has 0 saturated heterocycles. The number of hydrogen-bond donors (Lipinski definition) is 2. The zero-order chi connectivity index (χ0) is 16.2. The Balaban J connectivity index is 1.69. The Morgan fingerprint density at radius 3 is 3.04 bits per heavy atom. The number of carbonyl (C=O) groups excluding carboxylic acids is 2. The predicted octanol–water partition coefficient (Wildman–Crippen LogP) is 1.85. The SMILES string of the molecule is COc1ccccc1CNC(=O)C1=CNC2CCCC=C2C1=O. The van der Waals surface area contributed by atoms with E-state index in [1.54, 1.807) is 13.3 Å². The minimum atomic E-state index is -0.363. The minimum Gasteiger partial charge on any atom is -0.496 e. The molecule has 120 valence electrons. The fourth-order valence-corrected chi connectivity index (χ4v) is 2.99. The van der Waals surface area contributed by atoms with Gasteiger partial charge in [0.25, 0.3) is 5.91 Å². The molecule has 0 fully saturated rings. The molecule has 1 aliphatic carbocycles. The topological polar surface area (TPSA) is 67.4 Å². The third kappa shape index (κ3) is 3.13. The lowest BCUT2D eigenvalue weighted by Gasteiger charge is -2.28. The van der Waals surface area contributed by atoms with Crippen molar-refractivity contribution in [1.29, 1.82) is 0 Å². The van der Waals surface area contributed by atoms with Gasteiger partial charge in [0.2, 0.25) is 0 Å². The van der Waals surface area contributed by atoms with Crippen molar-refractivity contribution in [3.63, 3.8) is 0 Å². The van der Waals surface area contributed by atoms with Crippen LogP contribution in [0.25, 0.3) is 0 Å². The van der Waals surface area contributed by atoms with E-state index < -0.39 is 0 Å². The summed E-state index contributed by atoms with van der Waals surface area (Å²) < 4.78 is 5.26. The molecular formula is C18H20N2O3. The summed E-state index contributed by atoms with van der Waals surface area (Å²) in [5, 5.41) is 5.96. The van der Waals surface area contributed by atoms with Gasteiger partial charge in [-0.1, -0.05) is 24.3 Å². The van der Waals surface area contributed by atoms with Crippen molar-refractivity contribution < 1.29 is 14.3 Å². The van der Waals surface area contributed by atoms with Gasteiger partial charge in [-0.3, -0.25) is 9.59 Å². The third-order valence-corrected chi connectivity index (χ3v) is 4.25. The maximum atomic E-state index is 12.5. The maximum absolute atomic E-state index is 12.5. The average Bonchev–Trinajstić information content (AvgIpc) is 2.60. The van der Waals surface area contributed by atoms with E-state index in [4.69, 9.17) is 4.74 Å². The lowest BCUT2D eigenvalue weighted by molar-refractivity contribution is -0.121. The van der Waals surface area contributed by atoms with Crippen molar-refractivity contribution in [2.45, 2.75) is 31.8 Å². The number of Topliss-reactive ketones (excluding diaryl/α,β-unsaturated/α-hetero) is 1. The standard InChI is InChI=1S/C18H20N2O3/c1-23-16-9-5-2-6-12(16)10-20-18(22)14-11-19-15-8-4-3-7-13(15)17(14)21/h2,5-7,9,11,15,19H,3-4,8,10H2,1H3,(H,20,22). The minimum absolute atomic E-state index is 0.0574. The molecule has 3 rings (SSSR count). The van der Waals surface area contributed by atoms with Gasteiger partial charge in [-0.2, -0.15) is 0 Å². The highest BCUT2D eigenvalue weighted by atomic mass is 16.5. The second-order valence-electron chi connectivity index (χ2n) is 5.69. The van der Waals surface area contributed by atoms with Crippen LogP contribution in [-0.2, 0) is 16.1 Å². The van der Waals surface area contributed by atoms with Gasteiger partial charge in [0.15, 0.2) is 5.78 Å². The van der Waals surface area contributed by atoms with Gasteiger partial charge in [0, 0.05) is 23.9 Å². The van der Waals surface area contributed by atoms with E-state index >= 15 is 0 Å². The molecule has 1 atom stereocenters. The van der Waals surface area contributed by atoms with Crippen LogP contribution in [-0.4, -0.2) is 24.8 Å². The van der Waals surface area contributed by atoms with Gasteiger partial charge in [-0.05, 0) is 25.3 Å². The molecule has 1 aromatic carbocycles. The molecule has 2 aliphatic rings. The average molecular weight is 312 g/mol. The Bertz CT molecular complexity index is 691. The predicted molar refractivity (Wildman–Crippen MR) is 86.8 cm³/mol. The summed E-state index contributed by atoms with van der Waals surface area (Å²) in [5.74, 6) is 0.189. The number of allylic oxidation sites excluding steroid dienone is 1. The molecule has 23 heavy (non-hydrogen) atoms. The third-order valence-electron chi connectivity index (χ3n) is 4.25. The Labute approximate surface area is 135 Å². The van der Waals surface area contributed by atoms with Crippen LogP contribution in [0.2, 0.25) is 0 Å². The Kier molecular flexibility index (Phi) is 4.46. The summed E-state index contributed by atoms with van der Waals surface area (Å²) in [6.07, 6.45) is 6.40. The number of amides is 1. The number of hydrogen-bond acceptors (Lipinski definition) is 4. The zero-order valence-electron chi connectivity index (χ0n) is 13.1. The molecule has 1 aliphatic heterocycles. The van der Waals surface area contributed by atoms with Crippen LogP contribution < -0.4 is 15.4 Å². The number of ether oxygens (including phenoxy) is 1. The van der Waals surface area contributed by atoms with Crippen molar-refractivity contribution in [3.05, 3.63) is 53.3 Å². The first-order chi connectivity index (χ1) is 11.2. The Hall–Kier alpha value is -2.56. The molecule has 0 aromatic heterocycles. The van der Waals surface area contributed by atoms with E-state index in [1.807, 2.05) is 30.3 Å². The normalized spacial score (nSPS) is 19.9. The number of benzene rings is 1. The van der Waals surface area contributed by atoms with Gasteiger partial charge in [0.05, 0.1) is 13.2 Å². The molecular weight excluding hydrogens is 292 g/mol. The van der Waals surface area contributed by atoms with Gasteiger partial charge in [-0.15, -0.1) is 0 Å². The number of methoxy groups -OCH3 is 1. The molecule has 1 heterocycles. The number of nitrogens with one attached hydrogen (secondary N) is 2. The molecule has 0 bridgehead atoms. The fraction of sp³-hybridized carbons (Fsp3) is 0.333. The summed E-state index contributed by atoms with van der Waals surface area (Å²) >= 11 is 0. The van der Waals surface area contributed by atoms with E-state index in [0.29, 0.717) is 12.3 Å². The Morgan fingerprint density at radius 1 is 1.39 bits per heavy atom. The lowest BCUT2D eigenvalue weighted by Crippen LogP contribution is -2.41. The smallest absolute Gasteiger partial charge is 0.257 e. The zero-order valence-corrected chi connectivity index (χ0v) is 13.1. The van der Waals surface area contributed by atoms with Crippen LogP contribution in [0.3, 0.4) is 0 Å². The highest BCUT2D eigenvalue weighted by Crippen LogP contribution is 2.25. The second kappa shape index (κ2) is 6.69. The molecule has 1 aromatic rings. The quantitative estimate of drug-likeness (QED) is 0.833. The molecule has 1 amide bonds. The van der Waals surface area contributed by atoms with Crippen molar-refractivity contribution in [2.24, 2.45) is 0 Å². The van der Waals surface area contributed by atoms with Crippen LogP contribution in [0, 0.1) is 0 Å². The van der Waals surface area contributed by atoms with Gasteiger partial charge < -0.3 is 15.4 Å². The molecule has 5 nitrogen and oxygen atoms in total. The summed E-state index contributed by atoms with van der Waals surface area (Å²) in [6.45, 7) is 0.315. The second-order valence-corrected chi connectivity index (χ2v) is 5.69. The van der Waals surface area contributed by atoms with Crippen molar-refractivity contribution >= 4 is 11.7 Å². The molecule has 0 radical (unpaired) electrons. The van der Waals surface area contributed by atoms with E-state index in [2.05, 4.69) is 10.6 Å². The van der Waals surface area contributed by atoms with Crippen LogP contribution in [0.4, 0.5) is 0 Å². The fourth-order valence-electron chi connectivity index (χ4n) is 2.99. The van der Waals surface area contributed by atoms with E-state index in [-0.39, 0.29) is 23.3 Å². The first kappa shape index (κ1) is 15.3. The summed E-state index contributed by atoms with van der Waals surface area (Å²) in [4.78, 5) is 24.8. The number of para-hydroxylation sites is 1. The highest BCUT2D eigenvalue weighted by molar-refractivity contribution is 6.26. The number of fused-ring (bicyclic) bond motifs is 1. The van der Waals surface area contributed by atoms with E-state index in [9.17, 15) is 9.59 Å². The van der Waals surface area contributed by atoms with Crippen molar-refractivity contribution in [3.8, 4) is 5.75 Å².